The number of carbonyl (C=O) groups excluding carboxylic acids is 1. The lowest BCUT2D eigenvalue weighted by molar-refractivity contribution is -0.0328. The van der Waals surface area contributed by atoms with Crippen molar-refractivity contribution in [1.29, 1.82) is 0 Å². The first-order chi connectivity index (χ1) is 7.70. The lowest BCUT2D eigenvalue weighted by Crippen LogP contribution is -2.13. The van der Waals surface area contributed by atoms with E-state index < -0.39 is 16.7 Å². The fourth-order valence-corrected chi connectivity index (χ4v) is 2.15. The largest absolute Gasteiger partial charge is 0.446 e. The van der Waals surface area contributed by atoms with Crippen LogP contribution in [-0.2, 0) is 0 Å². The van der Waals surface area contributed by atoms with Crippen molar-refractivity contribution in [3.05, 3.63) is 29.3 Å². The van der Waals surface area contributed by atoms with Gasteiger partial charge in [0.1, 0.15) is 0 Å². The van der Waals surface area contributed by atoms with E-state index in [-0.39, 0.29) is 22.2 Å². The van der Waals surface area contributed by atoms with Gasteiger partial charge in [0.2, 0.25) is 0 Å². The number of hydrogen-bond acceptors (Lipinski definition) is 2. The molecule has 0 N–H and O–H groups in total. The topological polar surface area (TPSA) is 17.1 Å². The Labute approximate surface area is 106 Å². The summed E-state index contributed by atoms with van der Waals surface area (Å²) in [5, 5.41) is -0.842. The lowest BCUT2D eigenvalue weighted by Gasteiger charge is -2.12. The van der Waals surface area contributed by atoms with Gasteiger partial charge in [0.25, 0.3) is 0 Å². The molecule has 0 spiro atoms. The van der Waals surface area contributed by atoms with Crippen LogP contribution in [0.2, 0.25) is 0 Å². The van der Waals surface area contributed by atoms with Crippen molar-refractivity contribution in [3.63, 3.8) is 0 Å². The number of carbonyl (C=O) groups is 1. The first-order valence-electron chi connectivity index (χ1n) is 4.75. The van der Waals surface area contributed by atoms with Gasteiger partial charge >= 0.3 is 5.51 Å². The highest BCUT2D eigenvalue weighted by atomic mass is 35.5. The van der Waals surface area contributed by atoms with Gasteiger partial charge in [-0.2, -0.15) is 13.2 Å². The van der Waals surface area contributed by atoms with Crippen LogP contribution in [0, 0.1) is 6.92 Å². The molecule has 0 bridgehead atoms. The van der Waals surface area contributed by atoms with Gasteiger partial charge in [0, 0.05) is 10.5 Å². The minimum atomic E-state index is -4.42. The third-order valence-corrected chi connectivity index (χ3v) is 2.98. The van der Waals surface area contributed by atoms with Crippen molar-refractivity contribution in [2.24, 2.45) is 0 Å². The van der Waals surface area contributed by atoms with Crippen molar-refractivity contribution >= 4 is 29.1 Å². The molecule has 0 saturated heterocycles. The fraction of sp³-hybridized carbons (Fsp3) is 0.364. The molecule has 0 aliphatic heterocycles. The SMILES string of the molecule is Cc1ccc(C(=O)C(C)Cl)c(SC(F)(F)F)c1. The van der Waals surface area contributed by atoms with E-state index in [0.29, 0.717) is 5.56 Å². The summed E-state index contributed by atoms with van der Waals surface area (Å²) < 4.78 is 37.0. The number of thioether (sulfide) groups is 1. The Morgan fingerprint density at radius 3 is 2.47 bits per heavy atom. The summed E-state index contributed by atoms with van der Waals surface area (Å²) in [5.74, 6) is -0.501. The van der Waals surface area contributed by atoms with Gasteiger partial charge in [0.15, 0.2) is 5.78 Å². The van der Waals surface area contributed by atoms with E-state index in [1.54, 1.807) is 13.0 Å². The molecule has 1 aromatic rings. The molecule has 0 fully saturated rings. The first kappa shape index (κ1) is 14.4. The maximum absolute atomic E-state index is 12.3. The van der Waals surface area contributed by atoms with E-state index in [9.17, 15) is 18.0 Å². The molecule has 0 aliphatic carbocycles. The van der Waals surface area contributed by atoms with Crippen LogP contribution in [0.3, 0.4) is 0 Å². The highest BCUT2D eigenvalue weighted by Crippen LogP contribution is 2.39. The van der Waals surface area contributed by atoms with Crippen LogP contribution in [0.4, 0.5) is 13.2 Å². The highest BCUT2D eigenvalue weighted by molar-refractivity contribution is 8.00. The van der Waals surface area contributed by atoms with E-state index >= 15 is 0 Å². The zero-order valence-electron chi connectivity index (χ0n) is 9.14. The van der Waals surface area contributed by atoms with E-state index in [1.807, 2.05) is 0 Å². The van der Waals surface area contributed by atoms with Gasteiger partial charge in [-0.05, 0) is 43.3 Å². The number of Topliss-reactive ketones (excluding diaryl/α,β-unsaturated/α-hetero) is 1. The molecule has 1 nitrogen and oxygen atoms in total. The summed E-state index contributed by atoms with van der Waals surface area (Å²) in [5.41, 5.74) is -3.74. The monoisotopic (exact) mass is 282 g/mol. The normalized spacial score (nSPS) is 13.5. The van der Waals surface area contributed by atoms with Gasteiger partial charge in [-0.1, -0.05) is 6.07 Å². The van der Waals surface area contributed by atoms with E-state index in [4.69, 9.17) is 11.6 Å². The number of aryl methyl sites for hydroxylation is 1. The van der Waals surface area contributed by atoms with Gasteiger partial charge < -0.3 is 0 Å². The predicted octanol–water partition coefficient (Wildman–Crippen LogP) is 4.42. The molecule has 94 valence electrons. The minimum absolute atomic E-state index is 0.0143. The molecule has 0 amide bonds. The average molecular weight is 283 g/mol. The van der Waals surface area contributed by atoms with Crippen molar-refractivity contribution in [2.75, 3.05) is 0 Å². The van der Waals surface area contributed by atoms with Crippen LogP contribution in [-0.4, -0.2) is 16.7 Å². The summed E-state index contributed by atoms with van der Waals surface area (Å²) in [6, 6.07) is 4.31. The second-order valence-corrected chi connectivity index (χ2v) is 5.29. The summed E-state index contributed by atoms with van der Waals surface area (Å²) in [7, 11) is 0. The third-order valence-electron chi connectivity index (χ3n) is 1.99. The van der Waals surface area contributed by atoms with Gasteiger partial charge in [-0.25, -0.2) is 0 Å². The second-order valence-electron chi connectivity index (χ2n) is 3.53. The van der Waals surface area contributed by atoms with Gasteiger partial charge in [-0.3, -0.25) is 4.79 Å². The smallest absolute Gasteiger partial charge is 0.292 e. The van der Waals surface area contributed by atoms with E-state index in [1.165, 1.54) is 19.1 Å². The molecule has 17 heavy (non-hydrogen) atoms. The maximum atomic E-state index is 12.3. The summed E-state index contributed by atoms with van der Waals surface area (Å²) in [4.78, 5) is 11.5. The molecule has 1 aromatic carbocycles. The molecular weight excluding hydrogens is 273 g/mol. The van der Waals surface area contributed by atoms with Crippen LogP contribution in [0.1, 0.15) is 22.8 Å². The Morgan fingerprint density at radius 1 is 1.41 bits per heavy atom. The third kappa shape index (κ3) is 4.24. The standard InChI is InChI=1S/C11H10ClF3OS/c1-6-3-4-8(10(16)7(2)12)9(5-6)17-11(13,14)15/h3-5,7H,1-2H3. The Bertz CT molecular complexity index is 429. The number of hydrogen-bond donors (Lipinski definition) is 0. The van der Waals surface area contributed by atoms with Crippen molar-refractivity contribution in [2.45, 2.75) is 29.6 Å². The molecule has 1 unspecified atom stereocenters. The highest BCUT2D eigenvalue weighted by Gasteiger charge is 2.31. The first-order valence-corrected chi connectivity index (χ1v) is 6.00. The van der Waals surface area contributed by atoms with Crippen LogP contribution < -0.4 is 0 Å². The number of ketones is 1. The van der Waals surface area contributed by atoms with Crippen LogP contribution >= 0.6 is 23.4 Å². The zero-order valence-corrected chi connectivity index (χ0v) is 10.7. The molecule has 0 aromatic heterocycles. The Kier molecular flexibility index (Phi) is 4.49. The van der Waals surface area contributed by atoms with Crippen LogP contribution in [0.25, 0.3) is 0 Å². The number of benzene rings is 1. The fourth-order valence-electron chi connectivity index (χ4n) is 1.26. The molecule has 0 radical (unpaired) electrons. The van der Waals surface area contributed by atoms with Crippen molar-refractivity contribution in [3.8, 4) is 0 Å². The molecule has 0 aliphatic rings. The molecule has 1 atom stereocenters. The zero-order chi connectivity index (χ0) is 13.2. The molecular formula is C11H10ClF3OS. The number of alkyl halides is 4. The summed E-state index contributed by atoms with van der Waals surface area (Å²) in [6.07, 6.45) is 0. The molecule has 0 saturated carbocycles. The minimum Gasteiger partial charge on any atom is -0.292 e. The molecule has 0 heterocycles. The van der Waals surface area contributed by atoms with Crippen molar-refractivity contribution < 1.29 is 18.0 Å². The predicted molar refractivity (Wildman–Crippen MR) is 62.7 cm³/mol. The van der Waals surface area contributed by atoms with Crippen LogP contribution in [0.5, 0.6) is 0 Å². The average Bonchev–Trinajstić information content (AvgIpc) is 2.14. The van der Waals surface area contributed by atoms with E-state index in [0.717, 1.165) is 0 Å². The summed E-state index contributed by atoms with van der Waals surface area (Å²) in [6.45, 7) is 3.10. The van der Waals surface area contributed by atoms with Crippen LogP contribution in [0.15, 0.2) is 23.1 Å². The quantitative estimate of drug-likeness (QED) is 0.464. The van der Waals surface area contributed by atoms with Gasteiger partial charge in [0.05, 0.1) is 5.38 Å². The molecule has 6 heteroatoms. The maximum Gasteiger partial charge on any atom is 0.446 e. The number of halogens is 4. The Morgan fingerprint density at radius 2 is 2.00 bits per heavy atom. The summed E-state index contributed by atoms with van der Waals surface area (Å²) >= 11 is 5.31. The molecule has 1 rings (SSSR count). The Balaban J connectivity index is 3.17. The van der Waals surface area contributed by atoms with E-state index in [2.05, 4.69) is 0 Å². The lowest BCUT2D eigenvalue weighted by atomic mass is 10.1. The van der Waals surface area contributed by atoms with Crippen molar-refractivity contribution in [1.82, 2.24) is 0 Å². The second kappa shape index (κ2) is 5.31. The Hall–Kier alpha value is -0.680. The number of rotatable bonds is 3. The van der Waals surface area contributed by atoms with Gasteiger partial charge in [-0.15, -0.1) is 11.6 Å².